The number of para-hydroxylation sites is 2. The van der Waals surface area contributed by atoms with E-state index in [4.69, 9.17) is 5.21 Å². The summed E-state index contributed by atoms with van der Waals surface area (Å²) in [6.45, 7) is 18.4. The van der Waals surface area contributed by atoms with Gasteiger partial charge < -0.3 is 0 Å². The number of benzene rings is 2. The normalized spacial score (nSPS) is 15.2. The van der Waals surface area contributed by atoms with Gasteiger partial charge in [-0.15, -0.1) is 4.68 Å². The van der Waals surface area contributed by atoms with E-state index in [2.05, 4.69) is 107 Å². The topological polar surface area (TPSA) is 21.7 Å². The Morgan fingerprint density at radius 1 is 0.686 bits per heavy atom. The summed E-state index contributed by atoms with van der Waals surface area (Å²) in [6.07, 6.45) is 8.89. The highest BCUT2D eigenvalue weighted by Gasteiger charge is 2.33. The summed E-state index contributed by atoms with van der Waals surface area (Å²) in [5, 5.41) is 5.43. The van der Waals surface area contributed by atoms with Gasteiger partial charge in [0.05, 0.1) is 0 Å². The molecule has 3 aromatic rings. The average molecular weight is 473 g/mol. The van der Waals surface area contributed by atoms with Crippen LogP contribution in [0.4, 0.5) is 0 Å². The smallest absolute Gasteiger partial charge is 0.101 e. The van der Waals surface area contributed by atoms with E-state index in [0.29, 0.717) is 29.6 Å². The van der Waals surface area contributed by atoms with E-state index in [9.17, 15) is 0 Å². The fourth-order valence-corrected chi connectivity index (χ4v) is 5.85. The first-order valence-corrected chi connectivity index (χ1v) is 14.0. The molecule has 1 saturated carbocycles. The second-order valence-electron chi connectivity index (χ2n) is 11.8. The molecule has 1 heterocycles. The van der Waals surface area contributed by atoms with Gasteiger partial charge in [-0.2, -0.15) is 0 Å². The number of hydrogen-bond donors (Lipinski definition) is 0. The molecule has 1 aliphatic carbocycles. The highest BCUT2D eigenvalue weighted by molar-refractivity contribution is 5.52. The maximum absolute atomic E-state index is 5.43. The van der Waals surface area contributed by atoms with Crippen molar-refractivity contribution in [3.05, 3.63) is 70.5 Å². The first-order valence-electron chi connectivity index (χ1n) is 14.0. The zero-order valence-corrected chi connectivity index (χ0v) is 23.3. The molecule has 0 atom stereocenters. The highest BCUT2D eigenvalue weighted by atomic mass is 15.5. The van der Waals surface area contributed by atoms with Crippen LogP contribution in [0, 0.1) is 0 Å². The number of aromatic nitrogens is 3. The van der Waals surface area contributed by atoms with Crippen molar-refractivity contribution in [3.63, 3.8) is 0 Å². The third-order valence-electron chi connectivity index (χ3n) is 7.83. The minimum Gasteiger partial charge on any atom is -0.101 e. The molecular formula is C32H46N3+. The maximum atomic E-state index is 5.43. The molecule has 35 heavy (non-hydrogen) atoms. The van der Waals surface area contributed by atoms with Crippen molar-refractivity contribution in [2.24, 2.45) is 0 Å². The number of hydrogen-bond acceptors (Lipinski definition) is 1. The molecule has 3 nitrogen and oxygen atoms in total. The lowest BCUT2D eigenvalue weighted by Crippen LogP contribution is -2.36. The van der Waals surface area contributed by atoms with Crippen molar-refractivity contribution in [1.29, 1.82) is 0 Å². The molecule has 0 spiro atoms. The van der Waals surface area contributed by atoms with Crippen LogP contribution >= 0.6 is 0 Å². The fraction of sp³-hybridized carbons (Fsp3) is 0.562. The van der Waals surface area contributed by atoms with E-state index in [1.165, 1.54) is 71.4 Å². The van der Waals surface area contributed by atoms with Gasteiger partial charge in [0, 0.05) is 28.2 Å². The van der Waals surface area contributed by atoms with Gasteiger partial charge in [-0.1, -0.05) is 116 Å². The van der Waals surface area contributed by atoms with Crippen LogP contribution in [0.2, 0.25) is 0 Å². The van der Waals surface area contributed by atoms with E-state index in [1.54, 1.807) is 0 Å². The van der Waals surface area contributed by atoms with Crippen molar-refractivity contribution in [2.75, 3.05) is 0 Å². The van der Waals surface area contributed by atoms with Crippen LogP contribution < -0.4 is 4.68 Å². The lowest BCUT2D eigenvalue weighted by Gasteiger charge is -2.21. The van der Waals surface area contributed by atoms with Crippen LogP contribution in [0.5, 0.6) is 0 Å². The Balaban J connectivity index is 2.04. The van der Waals surface area contributed by atoms with Crippen LogP contribution in [-0.4, -0.2) is 9.90 Å². The largest absolute Gasteiger partial charge is 0.177 e. The molecule has 188 valence electrons. The molecule has 1 aromatic heterocycles. The molecule has 1 aliphatic rings. The van der Waals surface area contributed by atoms with Gasteiger partial charge in [-0.25, -0.2) is 0 Å². The molecule has 0 radical (unpaired) electrons. The molecule has 0 amide bonds. The van der Waals surface area contributed by atoms with Crippen LogP contribution in [0.3, 0.4) is 0 Å². The number of rotatable bonds is 7. The van der Waals surface area contributed by atoms with E-state index in [-0.39, 0.29) is 0 Å². The van der Waals surface area contributed by atoms with E-state index >= 15 is 0 Å². The van der Waals surface area contributed by atoms with E-state index in [0.717, 1.165) is 0 Å². The van der Waals surface area contributed by atoms with Gasteiger partial charge in [0.1, 0.15) is 5.21 Å². The summed E-state index contributed by atoms with van der Waals surface area (Å²) in [5.41, 5.74) is 9.51. The van der Waals surface area contributed by atoms with E-state index in [1.807, 2.05) is 0 Å². The standard InChI is InChI=1S/C32H46N3/c1-21(2)26-16-12-17-27(22(3)4)31(26)34-20-30(25-14-10-9-11-15-25)35(33-34)32-28(23(5)6)18-13-19-29(32)24(7)8/h12-13,16-25H,9-11,14-15H2,1-8H3/q+1. The Labute approximate surface area is 213 Å². The van der Waals surface area contributed by atoms with Crippen LogP contribution in [-0.2, 0) is 0 Å². The van der Waals surface area contributed by atoms with Crippen molar-refractivity contribution >= 4 is 0 Å². The molecule has 0 unspecified atom stereocenters. The monoisotopic (exact) mass is 472 g/mol. The lowest BCUT2D eigenvalue weighted by molar-refractivity contribution is -0.662. The summed E-state index contributed by atoms with van der Waals surface area (Å²) in [6, 6.07) is 13.7. The predicted octanol–water partition coefficient (Wildman–Crippen LogP) is 8.69. The van der Waals surface area contributed by atoms with Crippen LogP contribution in [0.15, 0.2) is 42.6 Å². The summed E-state index contributed by atoms with van der Waals surface area (Å²) in [7, 11) is 0. The second kappa shape index (κ2) is 10.7. The Hall–Kier alpha value is -2.42. The maximum Gasteiger partial charge on any atom is 0.177 e. The molecular weight excluding hydrogens is 426 g/mol. The summed E-state index contributed by atoms with van der Waals surface area (Å²) in [5.74, 6) is 2.32. The van der Waals surface area contributed by atoms with Gasteiger partial charge in [0.2, 0.25) is 0 Å². The second-order valence-corrected chi connectivity index (χ2v) is 11.8. The van der Waals surface area contributed by atoms with Gasteiger partial charge >= 0.3 is 0 Å². The first-order chi connectivity index (χ1) is 16.7. The zero-order chi connectivity index (χ0) is 25.3. The Morgan fingerprint density at radius 2 is 1.14 bits per heavy atom. The number of nitrogens with zero attached hydrogens (tertiary/aromatic N) is 3. The molecule has 1 fully saturated rings. The van der Waals surface area contributed by atoms with Gasteiger partial charge in [-0.05, 0) is 36.5 Å². The molecule has 0 N–H and O–H groups in total. The minimum absolute atomic E-state index is 0.439. The van der Waals surface area contributed by atoms with Crippen molar-refractivity contribution in [3.8, 4) is 11.4 Å². The molecule has 2 aromatic carbocycles. The van der Waals surface area contributed by atoms with Gasteiger partial charge in [0.25, 0.3) is 0 Å². The fourth-order valence-electron chi connectivity index (χ4n) is 5.85. The highest BCUT2D eigenvalue weighted by Crippen LogP contribution is 2.37. The quantitative estimate of drug-likeness (QED) is 0.315. The SMILES string of the molecule is CC(C)c1cccc(C(C)C)c1-n1n[n+](-c2c(C(C)C)cccc2C(C)C)cc1C1CCCCC1. The van der Waals surface area contributed by atoms with Crippen LogP contribution in [0.25, 0.3) is 11.4 Å². The summed E-state index contributed by atoms with van der Waals surface area (Å²) < 4.78 is 4.58. The van der Waals surface area contributed by atoms with Crippen LogP contribution in [0.1, 0.15) is 145 Å². The van der Waals surface area contributed by atoms with Gasteiger partial charge in [0.15, 0.2) is 23.3 Å². The molecule has 0 saturated heterocycles. The lowest BCUT2D eigenvalue weighted by atomic mass is 9.86. The third-order valence-corrected chi connectivity index (χ3v) is 7.83. The summed E-state index contributed by atoms with van der Waals surface area (Å²) in [4.78, 5) is 0. The minimum atomic E-state index is 0.439. The third kappa shape index (κ3) is 5.10. The Bertz CT molecular complexity index is 1090. The Morgan fingerprint density at radius 3 is 1.60 bits per heavy atom. The van der Waals surface area contributed by atoms with Crippen molar-refractivity contribution < 1.29 is 4.68 Å². The zero-order valence-electron chi connectivity index (χ0n) is 23.3. The van der Waals surface area contributed by atoms with Crippen molar-refractivity contribution in [2.45, 2.75) is 117 Å². The average Bonchev–Trinajstić information content (AvgIpc) is 3.28. The first kappa shape index (κ1) is 25.7. The van der Waals surface area contributed by atoms with E-state index < -0.39 is 0 Å². The van der Waals surface area contributed by atoms with Gasteiger partial charge in [-0.3, -0.25) is 0 Å². The molecule has 4 rings (SSSR count). The molecule has 3 heteroatoms. The Kier molecular flexibility index (Phi) is 7.83. The molecule has 0 aliphatic heterocycles. The molecule has 0 bridgehead atoms. The van der Waals surface area contributed by atoms with Crippen molar-refractivity contribution in [1.82, 2.24) is 9.90 Å². The summed E-state index contributed by atoms with van der Waals surface area (Å²) >= 11 is 0. The predicted molar refractivity (Wildman–Crippen MR) is 147 cm³/mol.